The van der Waals surface area contributed by atoms with Crippen molar-refractivity contribution in [3.8, 4) is 11.5 Å². The van der Waals surface area contributed by atoms with Crippen LogP contribution >= 0.6 is 12.4 Å². The minimum atomic E-state index is -0.354. The monoisotopic (exact) mass is 369 g/mol. The van der Waals surface area contributed by atoms with E-state index >= 15 is 0 Å². The van der Waals surface area contributed by atoms with E-state index in [1.165, 1.54) is 6.07 Å². The van der Waals surface area contributed by atoms with Crippen LogP contribution in [0.5, 0.6) is 11.5 Å². The normalized spacial score (nSPS) is 10.9. The van der Waals surface area contributed by atoms with E-state index in [9.17, 15) is 9.50 Å². The molecule has 0 bridgehead atoms. The topological polar surface area (TPSA) is 50.7 Å². The lowest BCUT2D eigenvalue weighted by atomic mass is 10.1. The minimum Gasteiger partial charge on any atom is -0.493 e. The summed E-state index contributed by atoms with van der Waals surface area (Å²) in [6.07, 6.45) is 0. The second-order valence-electron chi connectivity index (χ2n) is 6.26. The van der Waals surface area contributed by atoms with Gasteiger partial charge in [0.25, 0.3) is 0 Å². The molecule has 0 spiro atoms. The molecule has 0 aliphatic heterocycles. The largest absolute Gasteiger partial charge is 0.493 e. The molecule has 0 amide bonds. The number of halogens is 2. The molecule has 25 heavy (non-hydrogen) atoms. The van der Waals surface area contributed by atoms with Crippen LogP contribution in [0, 0.1) is 5.82 Å². The maximum absolute atomic E-state index is 13.6. The summed E-state index contributed by atoms with van der Waals surface area (Å²) in [6, 6.07) is 12.1. The molecule has 0 atom stereocenters. The van der Waals surface area contributed by atoms with Gasteiger partial charge in [0, 0.05) is 17.6 Å². The Morgan fingerprint density at radius 2 is 1.84 bits per heavy atom. The second kappa shape index (κ2) is 9.61. The van der Waals surface area contributed by atoms with Crippen molar-refractivity contribution < 1.29 is 19.0 Å². The summed E-state index contributed by atoms with van der Waals surface area (Å²) in [5.41, 5.74) is 1.15. The molecule has 2 N–H and O–H groups in total. The Kier molecular flexibility index (Phi) is 8.16. The Hall–Kier alpha value is -1.82. The highest BCUT2D eigenvalue weighted by atomic mass is 35.5. The van der Waals surface area contributed by atoms with E-state index in [4.69, 9.17) is 9.47 Å². The molecule has 138 valence electrons. The number of aliphatic hydroxyl groups excluding tert-OH is 1. The van der Waals surface area contributed by atoms with Gasteiger partial charge in [0.05, 0.1) is 13.7 Å². The molecular formula is C19H25ClFNO3. The molecule has 0 aliphatic carbocycles. The third-order valence-electron chi connectivity index (χ3n) is 3.74. The summed E-state index contributed by atoms with van der Waals surface area (Å²) in [7, 11) is 1.57. The molecule has 0 unspecified atom stereocenters. The van der Waals surface area contributed by atoms with Crippen molar-refractivity contribution in [2.75, 3.05) is 13.7 Å². The van der Waals surface area contributed by atoms with Gasteiger partial charge in [0.2, 0.25) is 0 Å². The van der Waals surface area contributed by atoms with Crippen molar-refractivity contribution in [3.63, 3.8) is 0 Å². The highest BCUT2D eigenvalue weighted by molar-refractivity contribution is 5.85. The first-order valence-corrected chi connectivity index (χ1v) is 7.84. The summed E-state index contributed by atoms with van der Waals surface area (Å²) in [4.78, 5) is 0. The van der Waals surface area contributed by atoms with Gasteiger partial charge < -0.3 is 19.9 Å². The van der Waals surface area contributed by atoms with E-state index < -0.39 is 0 Å². The third-order valence-corrected chi connectivity index (χ3v) is 3.74. The van der Waals surface area contributed by atoms with Crippen LogP contribution in [0.3, 0.4) is 0 Å². The molecule has 0 fully saturated rings. The van der Waals surface area contributed by atoms with Crippen molar-refractivity contribution in [3.05, 3.63) is 59.4 Å². The van der Waals surface area contributed by atoms with E-state index in [-0.39, 0.29) is 37.0 Å². The van der Waals surface area contributed by atoms with E-state index in [1.807, 2.05) is 32.0 Å². The van der Waals surface area contributed by atoms with Gasteiger partial charge in [0.15, 0.2) is 11.5 Å². The lowest BCUT2D eigenvalue weighted by molar-refractivity contribution is 0.187. The van der Waals surface area contributed by atoms with E-state index in [0.717, 1.165) is 5.56 Å². The van der Waals surface area contributed by atoms with Crippen LogP contribution < -0.4 is 14.8 Å². The zero-order chi connectivity index (χ0) is 17.6. The van der Waals surface area contributed by atoms with Gasteiger partial charge in [0.1, 0.15) is 12.4 Å². The van der Waals surface area contributed by atoms with Crippen LogP contribution in [-0.2, 0) is 13.2 Å². The van der Waals surface area contributed by atoms with Gasteiger partial charge >= 0.3 is 0 Å². The first kappa shape index (κ1) is 21.2. The second-order valence-corrected chi connectivity index (χ2v) is 6.26. The van der Waals surface area contributed by atoms with Gasteiger partial charge in [-0.15, -0.1) is 12.4 Å². The van der Waals surface area contributed by atoms with Gasteiger partial charge in [-0.05, 0) is 37.6 Å². The number of hydrogen-bond donors (Lipinski definition) is 2. The minimum absolute atomic E-state index is 0. The molecule has 0 saturated heterocycles. The fraction of sp³-hybridized carbons (Fsp3) is 0.368. The molecule has 0 aromatic heterocycles. The number of methoxy groups -OCH3 is 1. The lowest BCUT2D eigenvalue weighted by Gasteiger charge is -2.23. The summed E-state index contributed by atoms with van der Waals surface area (Å²) in [5.74, 6) is 0.863. The quantitative estimate of drug-likeness (QED) is 0.745. The standard InChI is InChI=1S/C19H24FNO3.ClH/c1-19(2,13-22)21-11-14-8-9-17(18(10-14)23-3)24-12-15-6-4-5-7-16(15)20;/h4-10,21-22H,11-13H2,1-3H3;1H. The number of ether oxygens (including phenoxy) is 2. The predicted molar refractivity (Wildman–Crippen MR) is 99.0 cm³/mol. The van der Waals surface area contributed by atoms with Crippen LogP contribution in [0.1, 0.15) is 25.0 Å². The molecule has 4 nitrogen and oxygen atoms in total. The average Bonchev–Trinajstić information content (AvgIpc) is 2.59. The Bertz CT molecular complexity index is 679. The van der Waals surface area contributed by atoms with E-state index in [2.05, 4.69) is 5.32 Å². The molecule has 0 heterocycles. The van der Waals surface area contributed by atoms with Crippen LogP contribution in [-0.4, -0.2) is 24.4 Å². The number of benzene rings is 2. The van der Waals surface area contributed by atoms with Gasteiger partial charge in [-0.25, -0.2) is 4.39 Å². The zero-order valence-corrected chi connectivity index (χ0v) is 15.5. The van der Waals surface area contributed by atoms with Gasteiger partial charge in [-0.3, -0.25) is 0 Å². The summed E-state index contributed by atoms with van der Waals surface area (Å²) >= 11 is 0. The van der Waals surface area contributed by atoms with Crippen LogP contribution in [0.25, 0.3) is 0 Å². The smallest absolute Gasteiger partial charge is 0.161 e. The SMILES string of the molecule is COc1cc(CNC(C)(C)CO)ccc1OCc1ccccc1F.Cl. The van der Waals surface area contributed by atoms with Crippen LogP contribution in [0.15, 0.2) is 42.5 Å². The number of aliphatic hydroxyl groups is 1. The lowest BCUT2D eigenvalue weighted by Crippen LogP contribution is -2.42. The Labute approximate surface area is 154 Å². The molecule has 2 aromatic carbocycles. The Morgan fingerprint density at radius 3 is 2.48 bits per heavy atom. The zero-order valence-electron chi connectivity index (χ0n) is 14.7. The van der Waals surface area contributed by atoms with Crippen molar-refractivity contribution in [1.82, 2.24) is 5.32 Å². The number of hydrogen-bond acceptors (Lipinski definition) is 4. The molecule has 0 radical (unpaired) electrons. The summed E-state index contributed by atoms with van der Waals surface area (Å²) in [6.45, 7) is 4.63. The summed E-state index contributed by atoms with van der Waals surface area (Å²) < 4.78 is 24.7. The maximum Gasteiger partial charge on any atom is 0.161 e. The third kappa shape index (κ3) is 6.20. The van der Waals surface area contributed by atoms with E-state index in [0.29, 0.717) is 23.6 Å². The number of rotatable bonds is 8. The highest BCUT2D eigenvalue weighted by Gasteiger charge is 2.15. The average molecular weight is 370 g/mol. The van der Waals surface area contributed by atoms with Crippen molar-refractivity contribution in [2.45, 2.75) is 32.5 Å². The molecule has 6 heteroatoms. The number of nitrogens with one attached hydrogen (secondary N) is 1. The fourth-order valence-electron chi connectivity index (χ4n) is 2.11. The molecule has 0 saturated carbocycles. The van der Waals surface area contributed by atoms with Crippen molar-refractivity contribution >= 4 is 12.4 Å². The van der Waals surface area contributed by atoms with Crippen molar-refractivity contribution in [2.24, 2.45) is 0 Å². The Balaban J connectivity index is 0.00000312. The van der Waals surface area contributed by atoms with E-state index in [1.54, 1.807) is 25.3 Å². The molecular weight excluding hydrogens is 345 g/mol. The molecule has 2 rings (SSSR count). The first-order chi connectivity index (χ1) is 11.4. The Morgan fingerprint density at radius 1 is 1.12 bits per heavy atom. The van der Waals surface area contributed by atoms with Gasteiger partial charge in [-0.2, -0.15) is 0 Å². The fourth-order valence-corrected chi connectivity index (χ4v) is 2.11. The van der Waals surface area contributed by atoms with Crippen LogP contribution in [0.2, 0.25) is 0 Å². The summed E-state index contributed by atoms with van der Waals surface area (Å²) in [5, 5.41) is 12.5. The molecule has 2 aromatic rings. The highest BCUT2D eigenvalue weighted by Crippen LogP contribution is 2.29. The molecule has 0 aliphatic rings. The van der Waals surface area contributed by atoms with Gasteiger partial charge in [-0.1, -0.05) is 24.3 Å². The maximum atomic E-state index is 13.6. The van der Waals surface area contributed by atoms with Crippen LogP contribution in [0.4, 0.5) is 4.39 Å². The van der Waals surface area contributed by atoms with Crippen molar-refractivity contribution in [1.29, 1.82) is 0 Å². The first-order valence-electron chi connectivity index (χ1n) is 7.84. The predicted octanol–water partition coefficient (Wildman–Crippen LogP) is 3.70.